The SMILES string of the molecule is CC(C)(C)S(=O)NCc1nc2cnc3[nH]ccc3c2n1C1CCCCC1. The lowest BCUT2D eigenvalue weighted by molar-refractivity contribution is 0.352. The molecule has 1 fully saturated rings. The first-order chi connectivity index (χ1) is 12.4. The number of hydrogen-bond acceptors (Lipinski definition) is 3. The zero-order chi connectivity index (χ0) is 18.3. The first-order valence-electron chi connectivity index (χ1n) is 9.43. The third-order valence-electron chi connectivity index (χ3n) is 5.16. The van der Waals surface area contributed by atoms with Gasteiger partial charge in [-0.1, -0.05) is 19.3 Å². The lowest BCUT2D eigenvalue weighted by Gasteiger charge is -2.26. The lowest BCUT2D eigenvalue weighted by atomic mass is 9.95. The summed E-state index contributed by atoms with van der Waals surface area (Å²) in [5, 5.41) is 1.11. The van der Waals surface area contributed by atoms with E-state index in [-0.39, 0.29) is 4.75 Å². The molecule has 0 saturated heterocycles. The second-order valence-corrected chi connectivity index (χ2v) is 10.2. The van der Waals surface area contributed by atoms with Gasteiger partial charge in [0.2, 0.25) is 0 Å². The average Bonchev–Trinajstić information content (AvgIpc) is 3.23. The van der Waals surface area contributed by atoms with Gasteiger partial charge in [-0.25, -0.2) is 18.9 Å². The smallest absolute Gasteiger partial charge is 0.139 e. The van der Waals surface area contributed by atoms with Crippen LogP contribution in [-0.4, -0.2) is 28.5 Å². The Morgan fingerprint density at radius 3 is 2.81 bits per heavy atom. The molecule has 0 aliphatic heterocycles. The molecule has 1 aliphatic carbocycles. The first kappa shape index (κ1) is 17.7. The third-order valence-corrected chi connectivity index (χ3v) is 6.68. The summed E-state index contributed by atoms with van der Waals surface area (Å²) >= 11 is 0. The van der Waals surface area contributed by atoms with Crippen molar-refractivity contribution in [2.45, 2.75) is 70.2 Å². The Morgan fingerprint density at radius 1 is 1.31 bits per heavy atom. The molecule has 140 valence electrons. The third kappa shape index (κ3) is 3.18. The van der Waals surface area contributed by atoms with Crippen LogP contribution in [0.4, 0.5) is 0 Å². The molecule has 3 heterocycles. The quantitative estimate of drug-likeness (QED) is 0.726. The molecule has 0 bridgehead atoms. The minimum atomic E-state index is -1.12. The summed E-state index contributed by atoms with van der Waals surface area (Å²) in [4.78, 5) is 12.6. The van der Waals surface area contributed by atoms with Crippen molar-refractivity contribution in [1.82, 2.24) is 24.2 Å². The number of aromatic amines is 1. The highest BCUT2D eigenvalue weighted by atomic mass is 32.2. The summed E-state index contributed by atoms with van der Waals surface area (Å²) in [5.41, 5.74) is 2.97. The van der Waals surface area contributed by atoms with Crippen molar-refractivity contribution in [1.29, 1.82) is 0 Å². The molecule has 2 N–H and O–H groups in total. The number of aromatic nitrogens is 4. The van der Waals surface area contributed by atoms with E-state index in [1.807, 2.05) is 33.2 Å². The normalized spacial score (nSPS) is 18.0. The second-order valence-electron chi connectivity index (χ2n) is 8.12. The molecule has 0 radical (unpaired) electrons. The van der Waals surface area contributed by atoms with Crippen molar-refractivity contribution >= 4 is 33.1 Å². The first-order valence-corrected chi connectivity index (χ1v) is 10.6. The molecule has 1 unspecified atom stereocenters. The van der Waals surface area contributed by atoms with Crippen molar-refractivity contribution < 1.29 is 4.21 Å². The van der Waals surface area contributed by atoms with Crippen LogP contribution >= 0.6 is 0 Å². The molecular formula is C19H27N5OS. The van der Waals surface area contributed by atoms with Crippen LogP contribution in [0.25, 0.3) is 22.1 Å². The fourth-order valence-electron chi connectivity index (χ4n) is 3.84. The Bertz CT molecular complexity index is 946. The molecule has 0 aromatic carbocycles. The highest BCUT2D eigenvalue weighted by Gasteiger charge is 2.25. The van der Waals surface area contributed by atoms with E-state index >= 15 is 0 Å². The fraction of sp³-hybridized carbons (Fsp3) is 0.579. The molecule has 26 heavy (non-hydrogen) atoms. The van der Waals surface area contributed by atoms with Gasteiger partial charge in [0, 0.05) is 17.6 Å². The Labute approximate surface area is 156 Å². The van der Waals surface area contributed by atoms with E-state index in [4.69, 9.17) is 4.98 Å². The Hall–Kier alpha value is -1.73. The predicted molar refractivity (Wildman–Crippen MR) is 106 cm³/mol. The summed E-state index contributed by atoms with van der Waals surface area (Å²) in [6.07, 6.45) is 9.95. The minimum absolute atomic E-state index is 0.294. The van der Waals surface area contributed by atoms with Crippen LogP contribution in [0.3, 0.4) is 0 Å². The molecule has 0 spiro atoms. The van der Waals surface area contributed by atoms with Crippen molar-refractivity contribution in [3.05, 3.63) is 24.3 Å². The lowest BCUT2D eigenvalue weighted by Crippen LogP contribution is -2.33. The minimum Gasteiger partial charge on any atom is -0.346 e. The van der Waals surface area contributed by atoms with Gasteiger partial charge in [-0.15, -0.1) is 0 Å². The fourth-order valence-corrected chi connectivity index (χ4v) is 4.54. The van der Waals surface area contributed by atoms with Crippen molar-refractivity contribution in [2.24, 2.45) is 0 Å². The number of nitrogens with one attached hydrogen (secondary N) is 2. The molecular weight excluding hydrogens is 346 g/mol. The maximum absolute atomic E-state index is 12.5. The highest BCUT2D eigenvalue weighted by molar-refractivity contribution is 7.84. The zero-order valence-corrected chi connectivity index (χ0v) is 16.5. The van der Waals surface area contributed by atoms with Crippen LogP contribution in [0.5, 0.6) is 0 Å². The highest BCUT2D eigenvalue weighted by Crippen LogP contribution is 2.34. The summed E-state index contributed by atoms with van der Waals surface area (Å²) in [6.45, 7) is 6.44. The van der Waals surface area contributed by atoms with E-state index in [1.54, 1.807) is 0 Å². The standard InChI is InChI=1S/C19H27N5OS/c1-19(2,3)26(25)22-12-16-23-15-11-21-18-14(9-10-20-18)17(15)24(16)13-7-5-4-6-8-13/h9-11,13,22H,4-8,12H2,1-3H3,(H,20,21). The molecule has 7 heteroatoms. The zero-order valence-electron chi connectivity index (χ0n) is 15.7. The van der Waals surface area contributed by atoms with Gasteiger partial charge in [-0.05, 0) is 39.7 Å². The summed E-state index contributed by atoms with van der Waals surface area (Å²) < 4.78 is 17.7. The largest absolute Gasteiger partial charge is 0.346 e. The van der Waals surface area contributed by atoms with Crippen LogP contribution in [-0.2, 0) is 17.5 Å². The number of hydrogen-bond donors (Lipinski definition) is 2. The van der Waals surface area contributed by atoms with E-state index < -0.39 is 11.0 Å². The number of rotatable bonds is 4. The Morgan fingerprint density at radius 2 is 2.08 bits per heavy atom. The van der Waals surface area contributed by atoms with Crippen molar-refractivity contribution in [3.63, 3.8) is 0 Å². The van der Waals surface area contributed by atoms with E-state index in [1.165, 1.54) is 32.1 Å². The average molecular weight is 374 g/mol. The molecule has 1 saturated carbocycles. The summed E-state index contributed by atoms with van der Waals surface area (Å²) in [7, 11) is -1.12. The molecule has 0 amide bonds. The van der Waals surface area contributed by atoms with Crippen LogP contribution in [0.2, 0.25) is 0 Å². The molecule has 1 atom stereocenters. The van der Waals surface area contributed by atoms with Gasteiger partial charge in [-0.3, -0.25) is 0 Å². The van der Waals surface area contributed by atoms with Gasteiger partial charge in [0.05, 0.1) is 34.0 Å². The number of pyridine rings is 1. The molecule has 3 aromatic rings. The van der Waals surface area contributed by atoms with E-state index in [2.05, 4.69) is 25.3 Å². The van der Waals surface area contributed by atoms with Gasteiger partial charge >= 0.3 is 0 Å². The Balaban J connectivity index is 1.79. The van der Waals surface area contributed by atoms with E-state index in [0.717, 1.165) is 27.9 Å². The van der Waals surface area contributed by atoms with Crippen LogP contribution in [0.15, 0.2) is 18.5 Å². The van der Waals surface area contributed by atoms with Gasteiger partial charge in [0.1, 0.15) is 17.0 Å². The van der Waals surface area contributed by atoms with Crippen molar-refractivity contribution in [2.75, 3.05) is 0 Å². The van der Waals surface area contributed by atoms with Gasteiger partial charge < -0.3 is 9.55 Å². The van der Waals surface area contributed by atoms with E-state index in [9.17, 15) is 4.21 Å². The van der Waals surface area contributed by atoms with Crippen LogP contribution < -0.4 is 4.72 Å². The summed E-state index contributed by atoms with van der Waals surface area (Å²) in [5.74, 6) is 0.958. The Kier molecular flexibility index (Phi) is 4.61. The molecule has 3 aromatic heterocycles. The number of fused-ring (bicyclic) bond motifs is 3. The van der Waals surface area contributed by atoms with Gasteiger partial charge in [0.15, 0.2) is 0 Å². The topological polar surface area (TPSA) is 75.6 Å². The van der Waals surface area contributed by atoms with E-state index in [0.29, 0.717) is 12.6 Å². The predicted octanol–water partition coefficient (Wildman–Crippen LogP) is 3.97. The molecule has 6 nitrogen and oxygen atoms in total. The van der Waals surface area contributed by atoms with Gasteiger partial charge in [-0.2, -0.15) is 0 Å². The maximum Gasteiger partial charge on any atom is 0.139 e. The number of H-pyrrole nitrogens is 1. The monoisotopic (exact) mass is 373 g/mol. The molecule has 4 rings (SSSR count). The number of nitrogens with zero attached hydrogens (tertiary/aromatic N) is 3. The number of imidazole rings is 1. The molecule has 1 aliphatic rings. The maximum atomic E-state index is 12.5. The van der Waals surface area contributed by atoms with Crippen LogP contribution in [0.1, 0.15) is 64.7 Å². The van der Waals surface area contributed by atoms with Crippen LogP contribution in [0, 0.1) is 0 Å². The summed E-state index contributed by atoms with van der Waals surface area (Å²) in [6, 6.07) is 2.53. The van der Waals surface area contributed by atoms with Gasteiger partial charge in [0.25, 0.3) is 0 Å². The second kappa shape index (κ2) is 6.78. The van der Waals surface area contributed by atoms with Crippen molar-refractivity contribution in [3.8, 4) is 0 Å².